The zero-order chi connectivity index (χ0) is 16.2. The highest BCUT2D eigenvalue weighted by Gasteiger charge is 2.22. The topological polar surface area (TPSA) is 45.2 Å². The molecule has 0 bridgehead atoms. The molecule has 1 aromatic carbocycles. The lowest BCUT2D eigenvalue weighted by atomic mass is 9.98. The number of anilines is 1. The van der Waals surface area contributed by atoms with Gasteiger partial charge in [-0.3, -0.25) is 4.79 Å². The van der Waals surface area contributed by atoms with Gasteiger partial charge in [0.05, 0.1) is 0 Å². The van der Waals surface area contributed by atoms with E-state index < -0.39 is 0 Å². The van der Waals surface area contributed by atoms with Crippen LogP contribution in [0.1, 0.15) is 34.3 Å². The minimum atomic E-state index is 0.0360. The Hall–Kier alpha value is -1.88. The first kappa shape index (κ1) is 16.0. The Bertz CT molecular complexity index is 669. The van der Waals surface area contributed by atoms with Gasteiger partial charge in [0.15, 0.2) is 5.13 Å². The summed E-state index contributed by atoms with van der Waals surface area (Å²) in [6, 6.07) is 5.97. The molecule has 0 saturated carbocycles. The van der Waals surface area contributed by atoms with E-state index in [1.807, 2.05) is 37.6 Å². The first-order chi connectivity index (χ1) is 11.1. The van der Waals surface area contributed by atoms with Crippen molar-refractivity contribution in [1.29, 1.82) is 0 Å². The smallest absolute Gasteiger partial charge is 0.251 e. The van der Waals surface area contributed by atoms with Gasteiger partial charge in [-0.15, -0.1) is 11.3 Å². The van der Waals surface area contributed by atoms with Crippen LogP contribution in [0.5, 0.6) is 0 Å². The van der Waals surface area contributed by atoms with E-state index in [2.05, 4.69) is 21.3 Å². The van der Waals surface area contributed by atoms with Crippen molar-refractivity contribution >= 4 is 22.4 Å². The highest BCUT2D eigenvalue weighted by molar-refractivity contribution is 7.13. The Labute approximate surface area is 141 Å². The van der Waals surface area contributed by atoms with Gasteiger partial charge in [0, 0.05) is 36.8 Å². The summed E-state index contributed by atoms with van der Waals surface area (Å²) in [5.41, 5.74) is 3.00. The normalized spacial score (nSPS) is 18.0. The number of amides is 1. The fourth-order valence-electron chi connectivity index (χ4n) is 3.18. The number of rotatable bonds is 4. The number of thiazole rings is 1. The van der Waals surface area contributed by atoms with Crippen LogP contribution < -0.4 is 10.2 Å². The van der Waals surface area contributed by atoms with E-state index in [1.54, 1.807) is 11.3 Å². The highest BCUT2D eigenvalue weighted by atomic mass is 32.1. The summed E-state index contributed by atoms with van der Waals surface area (Å²) in [7, 11) is 0. The van der Waals surface area contributed by atoms with Gasteiger partial charge < -0.3 is 10.2 Å². The second kappa shape index (κ2) is 7.13. The Morgan fingerprint density at radius 2 is 2.30 bits per heavy atom. The standard InChI is InChI=1S/C18H23N3OS/c1-13-5-6-16(14(2)10-13)17(22)20-11-15-4-3-8-21(12-15)18-19-7-9-23-18/h5-7,9-10,15H,3-4,8,11-12H2,1-2H3,(H,20,22). The van der Waals surface area contributed by atoms with Crippen molar-refractivity contribution in [1.82, 2.24) is 10.3 Å². The van der Waals surface area contributed by atoms with Gasteiger partial charge in [0.2, 0.25) is 0 Å². The Morgan fingerprint density at radius 3 is 3.04 bits per heavy atom. The molecule has 0 aliphatic carbocycles. The predicted molar refractivity (Wildman–Crippen MR) is 95.3 cm³/mol. The monoisotopic (exact) mass is 329 g/mol. The molecule has 1 aliphatic rings. The molecule has 1 aromatic heterocycles. The van der Waals surface area contributed by atoms with Gasteiger partial charge >= 0.3 is 0 Å². The third kappa shape index (κ3) is 3.91. The number of hydrogen-bond acceptors (Lipinski definition) is 4. The van der Waals surface area contributed by atoms with E-state index in [1.165, 1.54) is 5.56 Å². The van der Waals surface area contributed by atoms with Gasteiger partial charge in [0.25, 0.3) is 5.91 Å². The molecule has 3 rings (SSSR count). The van der Waals surface area contributed by atoms with E-state index in [0.29, 0.717) is 5.92 Å². The minimum absolute atomic E-state index is 0.0360. The van der Waals surface area contributed by atoms with Gasteiger partial charge in [-0.1, -0.05) is 17.7 Å². The summed E-state index contributed by atoms with van der Waals surface area (Å²) in [6.45, 7) is 6.81. The van der Waals surface area contributed by atoms with Gasteiger partial charge in [-0.25, -0.2) is 4.98 Å². The van der Waals surface area contributed by atoms with Crippen LogP contribution in [0.4, 0.5) is 5.13 Å². The van der Waals surface area contributed by atoms with E-state index in [4.69, 9.17) is 0 Å². The zero-order valence-corrected chi connectivity index (χ0v) is 14.5. The van der Waals surface area contributed by atoms with Crippen LogP contribution in [-0.2, 0) is 0 Å². The maximum atomic E-state index is 12.4. The van der Waals surface area contributed by atoms with E-state index in [0.717, 1.165) is 48.7 Å². The van der Waals surface area contributed by atoms with Crippen molar-refractivity contribution in [2.45, 2.75) is 26.7 Å². The largest absolute Gasteiger partial charge is 0.352 e. The first-order valence-electron chi connectivity index (χ1n) is 8.13. The maximum Gasteiger partial charge on any atom is 0.251 e. The molecule has 4 nitrogen and oxygen atoms in total. The second-order valence-electron chi connectivity index (χ2n) is 6.30. The van der Waals surface area contributed by atoms with Crippen LogP contribution in [0.15, 0.2) is 29.8 Å². The van der Waals surface area contributed by atoms with Gasteiger partial charge in [-0.05, 0) is 44.2 Å². The Morgan fingerprint density at radius 1 is 1.43 bits per heavy atom. The Balaban J connectivity index is 1.56. The highest BCUT2D eigenvalue weighted by Crippen LogP contribution is 2.24. The minimum Gasteiger partial charge on any atom is -0.352 e. The van der Waals surface area contributed by atoms with Crippen LogP contribution in [-0.4, -0.2) is 30.5 Å². The molecule has 23 heavy (non-hydrogen) atoms. The van der Waals surface area contributed by atoms with Crippen LogP contribution in [0.2, 0.25) is 0 Å². The van der Waals surface area contributed by atoms with Gasteiger partial charge in [0.1, 0.15) is 0 Å². The number of piperidine rings is 1. The molecule has 1 atom stereocenters. The van der Waals surface area contributed by atoms with Crippen molar-refractivity contribution in [3.05, 3.63) is 46.5 Å². The summed E-state index contributed by atoms with van der Waals surface area (Å²) in [5.74, 6) is 0.524. The molecule has 1 unspecified atom stereocenters. The molecule has 1 saturated heterocycles. The van der Waals surface area contributed by atoms with Crippen LogP contribution in [0.3, 0.4) is 0 Å². The van der Waals surface area contributed by atoms with Crippen molar-refractivity contribution in [3.63, 3.8) is 0 Å². The molecule has 1 fully saturated rings. The Kier molecular flexibility index (Phi) is 4.96. The van der Waals surface area contributed by atoms with E-state index >= 15 is 0 Å². The molecule has 2 aromatic rings. The molecular weight excluding hydrogens is 306 g/mol. The molecule has 1 amide bonds. The summed E-state index contributed by atoms with van der Waals surface area (Å²) in [6.07, 6.45) is 4.17. The summed E-state index contributed by atoms with van der Waals surface area (Å²) in [4.78, 5) is 19.1. The number of hydrogen-bond donors (Lipinski definition) is 1. The van der Waals surface area contributed by atoms with Crippen molar-refractivity contribution in [2.24, 2.45) is 5.92 Å². The fourth-order valence-corrected chi connectivity index (χ4v) is 3.86. The number of nitrogens with one attached hydrogen (secondary N) is 1. The quantitative estimate of drug-likeness (QED) is 0.935. The third-order valence-corrected chi connectivity index (χ3v) is 5.22. The average Bonchev–Trinajstić information content (AvgIpc) is 3.07. The fraction of sp³-hybridized carbons (Fsp3) is 0.444. The molecular formula is C18H23N3OS. The van der Waals surface area contributed by atoms with Crippen molar-refractivity contribution in [2.75, 3.05) is 24.5 Å². The molecule has 0 spiro atoms. The molecule has 1 aliphatic heterocycles. The summed E-state index contributed by atoms with van der Waals surface area (Å²) < 4.78 is 0. The third-order valence-electron chi connectivity index (χ3n) is 4.39. The number of carbonyl (C=O) groups is 1. The predicted octanol–water partition coefficient (Wildman–Crippen LogP) is 3.41. The molecule has 5 heteroatoms. The summed E-state index contributed by atoms with van der Waals surface area (Å²) >= 11 is 1.68. The molecule has 122 valence electrons. The van der Waals surface area contributed by atoms with Crippen LogP contribution in [0, 0.1) is 19.8 Å². The maximum absolute atomic E-state index is 12.4. The summed E-state index contributed by atoms with van der Waals surface area (Å²) in [5, 5.41) is 6.22. The molecule has 2 heterocycles. The van der Waals surface area contributed by atoms with Crippen molar-refractivity contribution in [3.8, 4) is 0 Å². The van der Waals surface area contributed by atoms with Crippen LogP contribution in [0.25, 0.3) is 0 Å². The lowest BCUT2D eigenvalue weighted by Gasteiger charge is -2.32. The average molecular weight is 329 g/mol. The number of aromatic nitrogens is 1. The second-order valence-corrected chi connectivity index (χ2v) is 7.17. The van der Waals surface area contributed by atoms with E-state index in [-0.39, 0.29) is 5.91 Å². The number of benzene rings is 1. The van der Waals surface area contributed by atoms with Gasteiger partial charge in [-0.2, -0.15) is 0 Å². The number of carbonyl (C=O) groups excluding carboxylic acids is 1. The SMILES string of the molecule is Cc1ccc(C(=O)NCC2CCCN(c3nccs3)C2)c(C)c1. The lowest BCUT2D eigenvalue weighted by Crippen LogP contribution is -2.41. The number of aryl methyl sites for hydroxylation is 2. The molecule has 0 radical (unpaired) electrons. The molecule has 1 N–H and O–H groups in total. The zero-order valence-electron chi connectivity index (χ0n) is 13.7. The first-order valence-corrected chi connectivity index (χ1v) is 9.01. The van der Waals surface area contributed by atoms with Crippen molar-refractivity contribution < 1.29 is 4.79 Å². The van der Waals surface area contributed by atoms with E-state index in [9.17, 15) is 4.79 Å². The van der Waals surface area contributed by atoms with Crippen LogP contribution >= 0.6 is 11.3 Å². The lowest BCUT2D eigenvalue weighted by molar-refractivity contribution is 0.0945. The number of nitrogens with zero attached hydrogens (tertiary/aromatic N) is 2.